The number of hydrogen-bond acceptors (Lipinski definition) is 5. The molecule has 2 aromatic heterocycles. The van der Waals surface area contributed by atoms with Gasteiger partial charge in [0.25, 0.3) is 0 Å². The molecule has 26 heavy (non-hydrogen) atoms. The molecule has 1 N–H and O–H groups in total. The fraction of sp³-hybridized carbons (Fsp3) is 0.350. The third-order valence-corrected chi connectivity index (χ3v) is 5.31. The van der Waals surface area contributed by atoms with Crippen LogP contribution < -0.4 is 5.32 Å². The number of alkyl halides is 1. The van der Waals surface area contributed by atoms with Crippen molar-refractivity contribution >= 4 is 28.0 Å². The number of furan rings is 1. The standard InChI is InChI=1S/C20H20FN3OS/c1-3-5-18-19(17-11-26-12-22-17)13-6-4-7-16(20(13)25-18)23-15-8-9-24(2)10-14(15)21/h4,6-7,11-12,14-15,23H,8-10H2,1-2H3/t14-,15+/m0/s1. The summed E-state index contributed by atoms with van der Waals surface area (Å²) >= 11 is 1.54. The number of nitrogens with zero attached hydrogens (tertiary/aromatic N) is 2. The molecule has 0 amide bonds. The highest BCUT2D eigenvalue weighted by molar-refractivity contribution is 7.07. The van der Waals surface area contributed by atoms with Crippen molar-refractivity contribution in [3.63, 3.8) is 0 Å². The number of halogens is 1. The molecule has 2 atom stereocenters. The van der Waals surface area contributed by atoms with Gasteiger partial charge in [0.1, 0.15) is 6.17 Å². The highest BCUT2D eigenvalue weighted by Crippen LogP contribution is 2.38. The summed E-state index contributed by atoms with van der Waals surface area (Å²) in [6.07, 6.45) is -0.151. The number of likely N-dealkylation sites (tertiary alicyclic amines) is 1. The van der Waals surface area contributed by atoms with Gasteiger partial charge in [-0.2, -0.15) is 0 Å². The highest BCUT2D eigenvalue weighted by atomic mass is 32.1. The van der Waals surface area contributed by atoms with Crippen LogP contribution in [-0.4, -0.2) is 42.2 Å². The normalized spacial score (nSPS) is 20.7. The van der Waals surface area contributed by atoms with Gasteiger partial charge in [-0.05, 0) is 32.4 Å². The van der Waals surface area contributed by atoms with Gasteiger partial charge in [-0.1, -0.05) is 18.1 Å². The first kappa shape index (κ1) is 17.1. The van der Waals surface area contributed by atoms with Crippen LogP contribution >= 0.6 is 11.3 Å². The van der Waals surface area contributed by atoms with Crippen LogP contribution in [0.4, 0.5) is 10.1 Å². The van der Waals surface area contributed by atoms with Crippen LogP contribution in [0.15, 0.2) is 33.5 Å². The number of fused-ring (bicyclic) bond motifs is 1. The molecule has 6 heteroatoms. The summed E-state index contributed by atoms with van der Waals surface area (Å²) in [5, 5.41) is 6.29. The Kier molecular flexibility index (Phi) is 4.66. The van der Waals surface area contributed by atoms with Crippen molar-refractivity contribution in [2.75, 3.05) is 25.5 Å². The molecule has 4 nitrogen and oxygen atoms in total. The Morgan fingerprint density at radius 2 is 2.31 bits per heavy atom. The molecule has 0 bridgehead atoms. The fourth-order valence-electron chi connectivity index (χ4n) is 3.44. The smallest absolute Gasteiger partial charge is 0.187 e. The van der Waals surface area contributed by atoms with Crippen LogP contribution in [0.1, 0.15) is 19.1 Å². The Morgan fingerprint density at radius 3 is 3.04 bits per heavy atom. The summed E-state index contributed by atoms with van der Waals surface area (Å²) in [5.74, 6) is 6.54. The van der Waals surface area contributed by atoms with Gasteiger partial charge in [-0.3, -0.25) is 0 Å². The van der Waals surface area contributed by atoms with Gasteiger partial charge >= 0.3 is 0 Å². The van der Waals surface area contributed by atoms with E-state index in [1.54, 1.807) is 12.4 Å². The van der Waals surface area contributed by atoms with Crippen molar-refractivity contribution < 1.29 is 8.81 Å². The Labute approximate surface area is 156 Å². The Morgan fingerprint density at radius 1 is 1.42 bits per heavy atom. The van der Waals surface area contributed by atoms with Gasteiger partial charge in [0.05, 0.1) is 28.5 Å². The van der Waals surface area contributed by atoms with Crippen LogP contribution in [0, 0.1) is 11.8 Å². The molecule has 1 aliphatic heterocycles. The summed E-state index contributed by atoms with van der Waals surface area (Å²) in [6.45, 7) is 3.11. The molecule has 0 saturated carbocycles. The second-order valence-corrected chi connectivity index (χ2v) is 7.27. The molecule has 1 fully saturated rings. The molecule has 0 aliphatic carbocycles. The largest absolute Gasteiger partial charge is 0.445 e. The zero-order valence-corrected chi connectivity index (χ0v) is 15.6. The number of nitrogens with one attached hydrogen (secondary N) is 1. The van der Waals surface area contributed by atoms with E-state index < -0.39 is 6.17 Å². The summed E-state index contributed by atoms with van der Waals surface area (Å²) in [6, 6.07) is 5.68. The maximum absolute atomic E-state index is 14.4. The van der Waals surface area contributed by atoms with E-state index >= 15 is 0 Å². The Balaban J connectivity index is 1.77. The summed E-state index contributed by atoms with van der Waals surface area (Å²) < 4.78 is 20.5. The molecule has 0 unspecified atom stereocenters. The number of para-hydroxylation sites is 1. The van der Waals surface area contributed by atoms with E-state index in [1.807, 2.05) is 35.5 Å². The quantitative estimate of drug-likeness (QED) is 0.696. The molecular weight excluding hydrogens is 349 g/mol. The van der Waals surface area contributed by atoms with Crippen molar-refractivity contribution in [3.05, 3.63) is 34.8 Å². The van der Waals surface area contributed by atoms with Crippen molar-refractivity contribution in [2.45, 2.75) is 25.6 Å². The topological polar surface area (TPSA) is 41.3 Å². The number of piperidine rings is 1. The average Bonchev–Trinajstić information content (AvgIpc) is 3.25. The monoisotopic (exact) mass is 369 g/mol. The second-order valence-electron chi connectivity index (χ2n) is 6.55. The first-order valence-corrected chi connectivity index (χ1v) is 9.57. The third-order valence-electron chi connectivity index (χ3n) is 4.73. The van der Waals surface area contributed by atoms with E-state index in [1.165, 1.54) is 11.3 Å². The van der Waals surface area contributed by atoms with Crippen molar-refractivity contribution in [2.24, 2.45) is 0 Å². The molecule has 134 valence electrons. The zero-order valence-electron chi connectivity index (χ0n) is 14.8. The lowest BCUT2D eigenvalue weighted by Gasteiger charge is -2.33. The lowest BCUT2D eigenvalue weighted by Crippen LogP contribution is -2.46. The number of thiazole rings is 1. The van der Waals surface area contributed by atoms with Crippen LogP contribution in [0.25, 0.3) is 22.2 Å². The van der Waals surface area contributed by atoms with E-state index in [9.17, 15) is 4.39 Å². The maximum atomic E-state index is 14.4. The number of aromatic nitrogens is 1. The minimum absolute atomic E-state index is 0.217. The molecule has 0 radical (unpaired) electrons. The molecule has 4 rings (SSSR count). The predicted molar refractivity (Wildman–Crippen MR) is 104 cm³/mol. The van der Waals surface area contributed by atoms with Gasteiger partial charge in [0.15, 0.2) is 11.3 Å². The Bertz CT molecular complexity index is 970. The Hall–Kier alpha value is -2.36. The number of anilines is 1. The predicted octanol–water partition coefficient (Wildman–Crippen LogP) is 4.38. The lowest BCUT2D eigenvalue weighted by atomic mass is 10.0. The second kappa shape index (κ2) is 7.10. The minimum Gasteiger partial charge on any atom is -0.445 e. The van der Waals surface area contributed by atoms with E-state index in [0.717, 1.165) is 35.3 Å². The lowest BCUT2D eigenvalue weighted by molar-refractivity contribution is 0.149. The van der Waals surface area contributed by atoms with Crippen molar-refractivity contribution in [1.29, 1.82) is 0 Å². The number of hydrogen-bond donors (Lipinski definition) is 1. The van der Waals surface area contributed by atoms with E-state index in [2.05, 4.69) is 22.1 Å². The molecule has 1 aliphatic rings. The van der Waals surface area contributed by atoms with Gasteiger partial charge < -0.3 is 14.6 Å². The number of rotatable bonds is 3. The van der Waals surface area contributed by atoms with Crippen molar-refractivity contribution in [1.82, 2.24) is 9.88 Å². The van der Waals surface area contributed by atoms with Gasteiger partial charge in [0, 0.05) is 23.9 Å². The summed E-state index contributed by atoms with van der Waals surface area (Å²) in [7, 11) is 1.95. The van der Waals surface area contributed by atoms with Gasteiger partial charge in [0.2, 0.25) is 0 Å². The maximum Gasteiger partial charge on any atom is 0.187 e. The SMILES string of the molecule is CC#Cc1oc2c(N[C@@H]3CCN(C)C[C@@H]3F)cccc2c1-c1cscn1. The minimum atomic E-state index is -0.910. The molecule has 3 heterocycles. The molecule has 1 aromatic carbocycles. The molecular formula is C20H20FN3OS. The van der Waals surface area contributed by atoms with Crippen LogP contribution in [0.5, 0.6) is 0 Å². The van der Waals surface area contributed by atoms with E-state index in [0.29, 0.717) is 17.9 Å². The van der Waals surface area contributed by atoms with Crippen molar-refractivity contribution in [3.8, 4) is 23.1 Å². The summed E-state index contributed by atoms with van der Waals surface area (Å²) in [5.41, 5.74) is 5.07. The summed E-state index contributed by atoms with van der Waals surface area (Å²) in [4.78, 5) is 6.44. The van der Waals surface area contributed by atoms with Crippen LogP contribution in [0.3, 0.4) is 0 Å². The van der Waals surface area contributed by atoms with Crippen LogP contribution in [-0.2, 0) is 0 Å². The first-order valence-electron chi connectivity index (χ1n) is 8.63. The first-order chi connectivity index (χ1) is 12.7. The van der Waals surface area contributed by atoms with Gasteiger partial charge in [-0.15, -0.1) is 11.3 Å². The molecule has 3 aromatic rings. The molecule has 0 spiro atoms. The molecule has 1 saturated heterocycles. The average molecular weight is 369 g/mol. The van der Waals surface area contributed by atoms with Crippen LogP contribution in [0.2, 0.25) is 0 Å². The number of benzene rings is 1. The van der Waals surface area contributed by atoms with Gasteiger partial charge in [-0.25, -0.2) is 9.37 Å². The van der Waals surface area contributed by atoms with E-state index in [4.69, 9.17) is 4.42 Å². The zero-order chi connectivity index (χ0) is 18.1. The fourth-order valence-corrected chi connectivity index (χ4v) is 3.99. The highest BCUT2D eigenvalue weighted by Gasteiger charge is 2.28. The third kappa shape index (κ3) is 3.09. The van der Waals surface area contributed by atoms with E-state index in [-0.39, 0.29) is 6.04 Å².